The third-order valence-corrected chi connectivity index (χ3v) is 2.50. The zero-order chi connectivity index (χ0) is 11.6. The summed E-state index contributed by atoms with van der Waals surface area (Å²) in [5.74, 6) is 0. The van der Waals surface area contributed by atoms with Gasteiger partial charge in [-0.05, 0) is 30.4 Å². The molecule has 0 fully saturated rings. The van der Waals surface area contributed by atoms with E-state index in [-0.39, 0.29) is 5.41 Å². The lowest BCUT2D eigenvalue weighted by atomic mass is 9.75. The number of hydrogen-bond acceptors (Lipinski definition) is 0. The molecule has 0 nitrogen and oxygen atoms in total. The number of benzene rings is 1. The van der Waals surface area contributed by atoms with Crippen LogP contribution in [0, 0.1) is 0 Å². The Morgan fingerprint density at radius 3 is 2.27 bits per heavy atom. The first-order valence-electron chi connectivity index (χ1n) is 5.57. The molecule has 0 N–H and O–H groups in total. The summed E-state index contributed by atoms with van der Waals surface area (Å²) in [6.45, 7) is 11.1. The summed E-state index contributed by atoms with van der Waals surface area (Å²) in [5.41, 5.74) is 5.78. The van der Waals surface area contributed by atoms with Crippen molar-refractivity contribution in [2.45, 2.75) is 40.0 Å². The lowest BCUT2D eigenvalue weighted by Crippen LogP contribution is -2.24. The van der Waals surface area contributed by atoms with Crippen molar-refractivity contribution in [3.8, 4) is 0 Å². The molecule has 0 atom stereocenters. The molecule has 80 valence electrons. The van der Waals surface area contributed by atoms with E-state index in [0.717, 1.165) is 0 Å². The predicted octanol–water partition coefficient (Wildman–Crippen LogP) is 2.67. The van der Waals surface area contributed by atoms with Crippen LogP contribution in [0.2, 0.25) is 0 Å². The van der Waals surface area contributed by atoms with E-state index < -0.39 is 0 Å². The standard InChI is InChI=1S/C14H21B/c1-10(2)9-11-7-6-8-12(15)13(11)14(3,4)5/h6-9H,15H2,1-5H3. The second-order valence-electron chi connectivity index (χ2n) is 5.51. The zero-order valence-corrected chi connectivity index (χ0v) is 10.8. The molecule has 0 heterocycles. The fourth-order valence-electron chi connectivity index (χ4n) is 2.15. The summed E-state index contributed by atoms with van der Waals surface area (Å²) in [5, 5.41) is 0. The van der Waals surface area contributed by atoms with E-state index in [4.69, 9.17) is 0 Å². The molecule has 0 bridgehead atoms. The number of hydrogen-bond donors (Lipinski definition) is 0. The minimum atomic E-state index is 0.215. The first-order chi connectivity index (χ1) is 6.82. The smallest absolute Gasteiger partial charge is 0.0847 e. The highest BCUT2D eigenvalue weighted by atomic mass is 14.2. The van der Waals surface area contributed by atoms with Crippen molar-refractivity contribution in [1.82, 2.24) is 0 Å². The fourth-order valence-corrected chi connectivity index (χ4v) is 2.15. The molecule has 0 aliphatic heterocycles. The highest BCUT2D eigenvalue weighted by Crippen LogP contribution is 2.25. The summed E-state index contributed by atoms with van der Waals surface area (Å²) in [7, 11) is 2.20. The molecule has 0 saturated heterocycles. The maximum absolute atomic E-state index is 2.28. The molecule has 0 aliphatic carbocycles. The average molecular weight is 200 g/mol. The van der Waals surface area contributed by atoms with Gasteiger partial charge in [0, 0.05) is 0 Å². The Kier molecular flexibility index (Phi) is 3.44. The van der Waals surface area contributed by atoms with Crippen LogP contribution in [0.15, 0.2) is 23.8 Å². The molecule has 15 heavy (non-hydrogen) atoms. The van der Waals surface area contributed by atoms with Gasteiger partial charge in [-0.25, -0.2) is 0 Å². The maximum atomic E-state index is 2.28. The van der Waals surface area contributed by atoms with Crippen molar-refractivity contribution >= 4 is 19.4 Å². The largest absolute Gasteiger partial charge is 0.139 e. The third kappa shape index (κ3) is 2.99. The highest BCUT2D eigenvalue weighted by Gasteiger charge is 2.18. The molecular weight excluding hydrogens is 179 g/mol. The van der Waals surface area contributed by atoms with Gasteiger partial charge in [0.25, 0.3) is 0 Å². The topological polar surface area (TPSA) is 0 Å². The lowest BCUT2D eigenvalue weighted by molar-refractivity contribution is 0.593. The van der Waals surface area contributed by atoms with E-state index in [0.29, 0.717) is 0 Å². The van der Waals surface area contributed by atoms with E-state index in [9.17, 15) is 0 Å². The summed E-state index contributed by atoms with van der Waals surface area (Å²) in [4.78, 5) is 0. The van der Waals surface area contributed by atoms with Crippen LogP contribution >= 0.6 is 0 Å². The highest BCUT2D eigenvalue weighted by molar-refractivity contribution is 6.33. The third-order valence-electron chi connectivity index (χ3n) is 2.50. The zero-order valence-electron chi connectivity index (χ0n) is 10.8. The Morgan fingerprint density at radius 1 is 1.20 bits per heavy atom. The van der Waals surface area contributed by atoms with E-state index >= 15 is 0 Å². The number of rotatable bonds is 1. The molecule has 1 rings (SSSR count). The van der Waals surface area contributed by atoms with Crippen LogP contribution in [-0.2, 0) is 5.41 Å². The van der Waals surface area contributed by atoms with E-state index in [1.165, 1.54) is 22.2 Å². The minimum absolute atomic E-state index is 0.215. The van der Waals surface area contributed by atoms with Crippen molar-refractivity contribution in [2.75, 3.05) is 0 Å². The Morgan fingerprint density at radius 2 is 1.80 bits per heavy atom. The molecule has 0 aliphatic rings. The molecule has 1 heteroatoms. The van der Waals surface area contributed by atoms with Gasteiger partial charge >= 0.3 is 0 Å². The summed E-state index contributed by atoms with van der Waals surface area (Å²) < 4.78 is 0. The van der Waals surface area contributed by atoms with Gasteiger partial charge in [0.1, 0.15) is 7.85 Å². The van der Waals surface area contributed by atoms with Crippen molar-refractivity contribution in [1.29, 1.82) is 0 Å². The van der Waals surface area contributed by atoms with Gasteiger partial charge < -0.3 is 0 Å². The van der Waals surface area contributed by atoms with Gasteiger partial charge in [0.05, 0.1) is 0 Å². The molecule has 0 radical (unpaired) electrons. The van der Waals surface area contributed by atoms with Crippen molar-refractivity contribution in [3.05, 3.63) is 34.9 Å². The van der Waals surface area contributed by atoms with Crippen LogP contribution < -0.4 is 5.46 Å². The monoisotopic (exact) mass is 200 g/mol. The fraction of sp³-hybridized carbons (Fsp3) is 0.429. The summed E-state index contributed by atoms with van der Waals surface area (Å²) in [6.07, 6.45) is 2.27. The molecule has 0 unspecified atom stereocenters. The van der Waals surface area contributed by atoms with Gasteiger partial charge in [-0.1, -0.05) is 56.1 Å². The molecule has 0 aromatic heterocycles. The predicted molar refractivity (Wildman–Crippen MR) is 72.6 cm³/mol. The van der Waals surface area contributed by atoms with Gasteiger partial charge in [-0.2, -0.15) is 0 Å². The van der Waals surface area contributed by atoms with Crippen LogP contribution in [0.1, 0.15) is 45.7 Å². The van der Waals surface area contributed by atoms with E-state index in [1.807, 2.05) is 0 Å². The molecule has 1 aromatic carbocycles. The Bertz CT molecular complexity index is 377. The molecular formula is C14H21B. The van der Waals surface area contributed by atoms with Crippen LogP contribution in [0.3, 0.4) is 0 Å². The van der Waals surface area contributed by atoms with Gasteiger partial charge in [-0.3, -0.25) is 0 Å². The van der Waals surface area contributed by atoms with Crippen molar-refractivity contribution in [3.63, 3.8) is 0 Å². The van der Waals surface area contributed by atoms with Crippen LogP contribution in [0.25, 0.3) is 6.08 Å². The van der Waals surface area contributed by atoms with Crippen LogP contribution in [0.5, 0.6) is 0 Å². The first kappa shape index (κ1) is 12.1. The number of allylic oxidation sites excluding steroid dienone is 1. The van der Waals surface area contributed by atoms with E-state index in [1.54, 1.807) is 0 Å². The molecule has 0 amide bonds. The van der Waals surface area contributed by atoms with Crippen molar-refractivity contribution in [2.24, 2.45) is 0 Å². The lowest BCUT2D eigenvalue weighted by Gasteiger charge is -2.24. The maximum Gasteiger partial charge on any atom is 0.139 e. The normalized spacial score (nSPS) is 11.3. The van der Waals surface area contributed by atoms with Crippen molar-refractivity contribution < 1.29 is 0 Å². The van der Waals surface area contributed by atoms with Crippen LogP contribution in [-0.4, -0.2) is 7.85 Å². The molecule has 0 saturated carbocycles. The van der Waals surface area contributed by atoms with Gasteiger partial charge in [0.2, 0.25) is 0 Å². The second-order valence-corrected chi connectivity index (χ2v) is 5.51. The Labute approximate surface area is 94.8 Å². The van der Waals surface area contributed by atoms with Gasteiger partial charge in [-0.15, -0.1) is 0 Å². The Balaban J connectivity index is 3.40. The average Bonchev–Trinajstić information content (AvgIpc) is 1.99. The molecule has 0 spiro atoms. The molecule has 1 aromatic rings. The first-order valence-corrected chi connectivity index (χ1v) is 5.57. The minimum Gasteiger partial charge on any atom is -0.0847 e. The quantitative estimate of drug-likeness (QED) is 0.611. The van der Waals surface area contributed by atoms with Crippen LogP contribution in [0.4, 0.5) is 0 Å². The Hall–Kier alpha value is -0.975. The van der Waals surface area contributed by atoms with E-state index in [2.05, 4.69) is 66.7 Å². The second kappa shape index (κ2) is 4.26. The summed E-state index contributed by atoms with van der Waals surface area (Å²) in [6, 6.07) is 6.54. The SMILES string of the molecule is Bc1cccc(C=C(C)C)c1C(C)(C)C. The summed E-state index contributed by atoms with van der Waals surface area (Å²) >= 11 is 0. The van der Waals surface area contributed by atoms with Gasteiger partial charge in [0.15, 0.2) is 0 Å².